The SMILES string of the molecule is CC(C)C(F)(F)F.COc1ccc(C2c3[nH]c4ccc(Cl)cc4c3CCN2C(N)=S)cc1. The third-order valence-electron chi connectivity index (χ3n) is 5.46. The molecule has 0 aliphatic carbocycles. The van der Waals surface area contributed by atoms with E-state index >= 15 is 0 Å². The van der Waals surface area contributed by atoms with Crippen LogP contribution in [-0.2, 0) is 6.42 Å². The molecule has 0 spiro atoms. The van der Waals surface area contributed by atoms with Gasteiger partial charge in [-0.1, -0.05) is 37.6 Å². The minimum Gasteiger partial charge on any atom is -0.497 e. The molecular weight excluding hydrogens is 459 g/mol. The number of nitrogens with zero attached hydrogens (tertiary/aromatic N) is 1. The number of hydrogen-bond donors (Lipinski definition) is 2. The Morgan fingerprint density at radius 1 is 1.22 bits per heavy atom. The first-order chi connectivity index (χ1) is 15.0. The molecule has 2 aromatic carbocycles. The van der Waals surface area contributed by atoms with Gasteiger partial charge < -0.3 is 20.4 Å². The van der Waals surface area contributed by atoms with Gasteiger partial charge in [0, 0.05) is 34.1 Å². The highest BCUT2D eigenvalue weighted by atomic mass is 35.5. The molecule has 0 amide bonds. The molecule has 2 heterocycles. The molecule has 0 bridgehead atoms. The predicted octanol–water partition coefficient (Wildman–Crippen LogP) is 6.23. The zero-order valence-electron chi connectivity index (χ0n) is 18.0. The molecule has 0 fully saturated rings. The minimum atomic E-state index is -4.00. The van der Waals surface area contributed by atoms with Crippen molar-refractivity contribution in [1.82, 2.24) is 9.88 Å². The molecule has 1 unspecified atom stereocenters. The summed E-state index contributed by atoms with van der Waals surface area (Å²) in [4.78, 5) is 5.62. The van der Waals surface area contributed by atoms with E-state index in [0.717, 1.165) is 54.4 Å². The molecule has 1 aromatic heterocycles. The average Bonchev–Trinajstić information content (AvgIpc) is 3.10. The third kappa shape index (κ3) is 5.13. The third-order valence-corrected chi connectivity index (χ3v) is 5.93. The van der Waals surface area contributed by atoms with E-state index in [-0.39, 0.29) is 6.04 Å². The van der Waals surface area contributed by atoms with Gasteiger partial charge in [0.15, 0.2) is 5.11 Å². The van der Waals surface area contributed by atoms with Gasteiger partial charge in [0.25, 0.3) is 0 Å². The van der Waals surface area contributed by atoms with Crippen LogP contribution in [0.4, 0.5) is 13.2 Å². The van der Waals surface area contributed by atoms with Gasteiger partial charge in [0.2, 0.25) is 0 Å². The van der Waals surface area contributed by atoms with Crippen molar-refractivity contribution in [2.24, 2.45) is 11.7 Å². The van der Waals surface area contributed by atoms with Gasteiger partial charge in [-0.25, -0.2) is 0 Å². The topological polar surface area (TPSA) is 54.3 Å². The second-order valence-electron chi connectivity index (χ2n) is 7.86. The van der Waals surface area contributed by atoms with Gasteiger partial charge in [-0.05, 0) is 60.1 Å². The molecule has 1 aliphatic heterocycles. The van der Waals surface area contributed by atoms with Gasteiger partial charge in [-0.3, -0.25) is 0 Å². The number of hydrogen-bond acceptors (Lipinski definition) is 2. The highest BCUT2D eigenvalue weighted by molar-refractivity contribution is 7.80. The number of halogens is 4. The van der Waals surface area contributed by atoms with Crippen molar-refractivity contribution in [3.05, 3.63) is 64.3 Å². The Labute approximate surface area is 195 Å². The van der Waals surface area contributed by atoms with Crippen LogP contribution in [0.5, 0.6) is 5.75 Å². The molecule has 1 aliphatic rings. The molecule has 1 atom stereocenters. The highest BCUT2D eigenvalue weighted by Gasteiger charge is 2.33. The van der Waals surface area contributed by atoms with Crippen LogP contribution >= 0.6 is 23.8 Å². The highest BCUT2D eigenvalue weighted by Crippen LogP contribution is 2.39. The number of fused-ring (bicyclic) bond motifs is 3. The Kier molecular flexibility index (Phi) is 7.25. The fourth-order valence-corrected chi connectivity index (χ4v) is 4.00. The van der Waals surface area contributed by atoms with E-state index in [4.69, 9.17) is 34.3 Å². The normalized spacial score (nSPS) is 15.9. The molecule has 32 heavy (non-hydrogen) atoms. The van der Waals surface area contributed by atoms with Crippen LogP contribution in [-0.4, -0.2) is 34.8 Å². The number of thiocarbonyl (C=S) groups is 1. The Bertz CT molecular complexity index is 1100. The van der Waals surface area contributed by atoms with E-state index < -0.39 is 12.1 Å². The lowest BCUT2D eigenvalue weighted by Crippen LogP contribution is -2.43. The summed E-state index contributed by atoms with van der Waals surface area (Å²) >= 11 is 11.5. The number of nitrogens with one attached hydrogen (secondary N) is 1. The van der Waals surface area contributed by atoms with E-state index in [1.54, 1.807) is 7.11 Å². The second-order valence-corrected chi connectivity index (χ2v) is 8.72. The molecule has 3 aromatic rings. The number of H-pyrrole nitrogens is 1. The summed E-state index contributed by atoms with van der Waals surface area (Å²) in [5.74, 6) is -0.377. The summed E-state index contributed by atoms with van der Waals surface area (Å²) in [5, 5.41) is 2.32. The average molecular weight is 484 g/mol. The van der Waals surface area contributed by atoms with E-state index in [0.29, 0.717) is 5.11 Å². The maximum atomic E-state index is 11.2. The summed E-state index contributed by atoms with van der Waals surface area (Å²) in [5.41, 5.74) is 10.6. The van der Waals surface area contributed by atoms with Crippen LogP contribution in [0.1, 0.15) is 36.7 Å². The fourth-order valence-electron chi connectivity index (χ4n) is 3.63. The van der Waals surface area contributed by atoms with Crippen molar-refractivity contribution >= 4 is 39.8 Å². The standard InChI is InChI=1S/C19H18ClN3OS.C4H7F3/c1-24-13-5-2-11(3-6-13)18-17-14(8-9-23(18)19(21)25)15-10-12(20)4-7-16(15)22-17;1-3(2)4(5,6)7/h2-7,10,18,22H,8-9H2,1H3,(H2,21,25);3H,1-2H3. The largest absolute Gasteiger partial charge is 0.497 e. The lowest BCUT2D eigenvalue weighted by Gasteiger charge is -2.36. The van der Waals surface area contributed by atoms with Crippen LogP contribution in [0.3, 0.4) is 0 Å². The van der Waals surface area contributed by atoms with Gasteiger partial charge in [0.1, 0.15) is 5.75 Å². The first kappa shape index (κ1) is 24.2. The van der Waals surface area contributed by atoms with Gasteiger partial charge in [0.05, 0.1) is 13.2 Å². The van der Waals surface area contributed by atoms with E-state index in [1.807, 2.05) is 30.3 Å². The van der Waals surface area contributed by atoms with Crippen molar-refractivity contribution in [1.29, 1.82) is 0 Å². The number of aromatic amines is 1. The van der Waals surface area contributed by atoms with Crippen LogP contribution in [0.2, 0.25) is 5.02 Å². The number of aromatic nitrogens is 1. The van der Waals surface area contributed by atoms with Crippen molar-refractivity contribution in [2.45, 2.75) is 32.5 Å². The number of methoxy groups -OCH3 is 1. The van der Waals surface area contributed by atoms with Crippen molar-refractivity contribution < 1.29 is 17.9 Å². The molecule has 0 radical (unpaired) electrons. The molecule has 3 N–H and O–H groups in total. The smallest absolute Gasteiger partial charge is 0.391 e. The number of rotatable bonds is 2. The Hall–Kier alpha value is -2.45. The fraction of sp³-hybridized carbons (Fsp3) is 0.348. The molecule has 172 valence electrons. The molecule has 0 saturated carbocycles. The van der Waals surface area contributed by atoms with Gasteiger partial charge >= 0.3 is 6.18 Å². The first-order valence-electron chi connectivity index (χ1n) is 10.1. The van der Waals surface area contributed by atoms with Crippen molar-refractivity contribution in [3.8, 4) is 5.75 Å². The van der Waals surface area contributed by atoms with E-state index in [9.17, 15) is 13.2 Å². The van der Waals surface area contributed by atoms with Crippen molar-refractivity contribution in [2.75, 3.05) is 13.7 Å². The number of nitrogens with two attached hydrogens (primary N) is 1. The lowest BCUT2D eigenvalue weighted by molar-refractivity contribution is -0.164. The number of ether oxygens (including phenoxy) is 1. The number of benzene rings is 2. The summed E-state index contributed by atoms with van der Waals surface area (Å²) in [6.45, 7) is 3.03. The van der Waals surface area contributed by atoms with E-state index in [1.165, 1.54) is 10.9 Å². The summed E-state index contributed by atoms with van der Waals surface area (Å²) < 4.78 is 38.8. The predicted molar refractivity (Wildman–Crippen MR) is 126 cm³/mol. The van der Waals surface area contributed by atoms with Crippen LogP contribution in [0.25, 0.3) is 10.9 Å². The minimum absolute atomic E-state index is 0.0432. The molecule has 4 nitrogen and oxygen atoms in total. The zero-order valence-corrected chi connectivity index (χ0v) is 19.5. The first-order valence-corrected chi connectivity index (χ1v) is 10.9. The summed E-state index contributed by atoms with van der Waals surface area (Å²) in [6.07, 6.45) is -3.13. The van der Waals surface area contributed by atoms with Gasteiger partial charge in [-0.15, -0.1) is 0 Å². The van der Waals surface area contributed by atoms with Crippen molar-refractivity contribution in [3.63, 3.8) is 0 Å². The summed E-state index contributed by atoms with van der Waals surface area (Å²) in [7, 11) is 1.66. The Morgan fingerprint density at radius 2 is 1.84 bits per heavy atom. The maximum Gasteiger partial charge on any atom is 0.391 e. The van der Waals surface area contributed by atoms with Crippen LogP contribution in [0.15, 0.2) is 42.5 Å². The maximum absolute atomic E-state index is 11.2. The Balaban J connectivity index is 0.000000360. The molecule has 9 heteroatoms. The Morgan fingerprint density at radius 3 is 2.38 bits per heavy atom. The van der Waals surface area contributed by atoms with Gasteiger partial charge in [-0.2, -0.15) is 13.2 Å². The zero-order chi connectivity index (χ0) is 23.6. The van der Waals surface area contributed by atoms with E-state index in [2.05, 4.69) is 22.0 Å². The number of alkyl halides is 3. The monoisotopic (exact) mass is 483 g/mol. The van der Waals surface area contributed by atoms with Crippen LogP contribution in [0, 0.1) is 5.92 Å². The molecular formula is C23H25ClF3N3OS. The summed E-state index contributed by atoms with van der Waals surface area (Å²) in [6, 6.07) is 13.9. The second kappa shape index (κ2) is 9.58. The quantitative estimate of drug-likeness (QED) is 0.424. The lowest BCUT2D eigenvalue weighted by atomic mass is 9.92. The molecule has 4 rings (SSSR count). The van der Waals surface area contributed by atoms with Crippen LogP contribution < -0.4 is 10.5 Å². The molecule has 0 saturated heterocycles.